The van der Waals surface area contributed by atoms with Gasteiger partial charge in [-0.15, -0.1) is 6.58 Å². The van der Waals surface area contributed by atoms with E-state index in [-0.39, 0.29) is 36.2 Å². The molecule has 0 aromatic heterocycles. The van der Waals surface area contributed by atoms with Crippen LogP contribution < -0.4 is 4.74 Å². The number of Topliss-reactive ketones (excluding diaryl/α,β-unsaturated/α-hetero) is 1. The standard InChI is InChI=1S/C19H21NO7S/c1-2-8-20-9-7-18-15-11-3-4-12(21)16(15)26-17(18)13(22)5-6-19(18,14(20)10-11)27-28(23,24)25/h2-4,14,17,21H,1,5-10H2,(H,23,24,25)/t14?,17-,18-,19?/m0/s1. The number of hydrogen-bond donors (Lipinski definition) is 2. The lowest BCUT2D eigenvalue weighted by Crippen LogP contribution is -2.77. The van der Waals surface area contributed by atoms with Gasteiger partial charge in [0.05, 0.1) is 5.41 Å². The molecule has 2 aliphatic heterocycles. The predicted octanol–water partition coefficient (Wildman–Crippen LogP) is 1.13. The molecule has 150 valence electrons. The number of benzene rings is 1. The maximum absolute atomic E-state index is 12.8. The summed E-state index contributed by atoms with van der Waals surface area (Å²) in [4.78, 5) is 14.9. The van der Waals surface area contributed by atoms with Gasteiger partial charge in [-0.1, -0.05) is 12.1 Å². The summed E-state index contributed by atoms with van der Waals surface area (Å²) in [7, 11) is -4.80. The minimum absolute atomic E-state index is 0.0739. The summed E-state index contributed by atoms with van der Waals surface area (Å²) in [6, 6.07) is 2.95. The Labute approximate surface area is 162 Å². The van der Waals surface area contributed by atoms with Crippen molar-refractivity contribution >= 4 is 16.2 Å². The summed E-state index contributed by atoms with van der Waals surface area (Å²) in [5.41, 5.74) is -0.865. The van der Waals surface area contributed by atoms with Gasteiger partial charge in [0, 0.05) is 31.1 Å². The van der Waals surface area contributed by atoms with Gasteiger partial charge >= 0.3 is 10.4 Å². The van der Waals surface area contributed by atoms with Crippen molar-refractivity contribution in [1.82, 2.24) is 4.90 Å². The molecule has 2 heterocycles. The van der Waals surface area contributed by atoms with Crippen molar-refractivity contribution in [2.75, 3.05) is 13.1 Å². The van der Waals surface area contributed by atoms with E-state index in [2.05, 4.69) is 11.5 Å². The third-order valence-electron chi connectivity index (χ3n) is 6.95. The van der Waals surface area contributed by atoms with Crippen molar-refractivity contribution in [2.45, 2.75) is 48.8 Å². The Hall–Kier alpha value is -1.94. The van der Waals surface area contributed by atoms with Crippen molar-refractivity contribution in [3.63, 3.8) is 0 Å². The van der Waals surface area contributed by atoms with Gasteiger partial charge in [-0.2, -0.15) is 8.42 Å². The quantitative estimate of drug-likeness (QED) is 0.564. The van der Waals surface area contributed by atoms with Crippen molar-refractivity contribution in [2.24, 2.45) is 0 Å². The highest BCUT2D eigenvalue weighted by atomic mass is 32.3. The first kappa shape index (κ1) is 18.1. The topological polar surface area (TPSA) is 113 Å². The van der Waals surface area contributed by atoms with Crippen LogP contribution in [0, 0.1) is 0 Å². The fourth-order valence-electron chi connectivity index (χ4n) is 6.13. The Bertz CT molecular complexity index is 1010. The number of phenolic OH excluding ortho intramolecular Hbond substituents is 1. The van der Waals surface area contributed by atoms with E-state index in [1.807, 2.05) is 0 Å². The van der Waals surface area contributed by atoms with E-state index < -0.39 is 27.5 Å². The second kappa shape index (κ2) is 5.56. The summed E-state index contributed by atoms with van der Waals surface area (Å²) in [5.74, 6) is 0.00803. The molecule has 9 heteroatoms. The van der Waals surface area contributed by atoms with Gasteiger partial charge in [0.2, 0.25) is 0 Å². The molecule has 4 aliphatic rings. The highest BCUT2D eigenvalue weighted by Gasteiger charge is 2.75. The first-order valence-electron chi connectivity index (χ1n) is 9.31. The lowest BCUT2D eigenvalue weighted by atomic mass is 9.49. The fourth-order valence-corrected chi connectivity index (χ4v) is 6.84. The molecule has 28 heavy (non-hydrogen) atoms. The molecule has 2 fully saturated rings. The van der Waals surface area contributed by atoms with Crippen LogP contribution in [0.5, 0.6) is 11.5 Å². The first-order valence-corrected chi connectivity index (χ1v) is 10.7. The number of phenols is 1. The third kappa shape index (κ3) is 2.05. The Morgan fingerprint density at radius 1 is 1.39 bits per heavy atom. The molecule has 1 aromatic carbocycles. The van der Waals surface area contributed by atoms with Crippen molar-refractivity contribution in [1.29, 1.82) is 0 Å². The molecular weight excluding hydrogens is 386 g/mol. The molecule has 2 N–H and O–H groups in total. The van der Waals surface area contributed by atoms with Crippen LogP contribution in [-0.4, -0.2) is 59.6 Å². The van der Waals surface area contributed by atoms with Crippen LogP contribution >= 0.6 is 0 Å². The van der Waals surface area contributed by atoms with E-state index in [0.29, 0.717) is 31.5 Å². The molecule has 8 nitrogen and oxygen atoms in total. The van der Waals surface area contributed by atoms with Gasteiger partial charge in [-0.25, -0.2) is 4.18 Å². The van der Waals surface area contributed by atoms with Gasteiger partial charge in [0.1, 0.15) is 5.60 Å². The summed E-state index contributed by atoms with van der Waals surface area (Å²) in [6.07, 6.45) is 1.89. The lowest BCUT2D eigenvalue weighted by molar-refractivity contribution is -0.176. The Morgan fingerprint density at radius 2 is 2.18 bits per heavy atom. The molecule has 0 radical (unpaired) electrons. The predicted molar refractivity (Wildman–Crippen MR) is 97.7 cm³/mol. The van der Waals surface area contributed by atoms with Gasteiger partial charge in [0.15, 0.2) is 23.4 Å². The average Bonchev–Trinajstić information content (AvgIpc) is 2.97. The van der Waals surface area contributed by atoms with Crippen molar-refractivity contribution in [3.8, 4) is 11.5 Å². The molecule has 1 saturated carbocycles. The zero-order chi connectivity index (χ0) is 19.9. The number of likely N-dealkylation sites (tertiary alicyclic amines) is 1. The zero-order valence-corrected chi connectivity index (χ0v) is 15.9. The van der Waals surface area contributed by atoms with E-state index in [1.54, 1.807) is 12.1 Å². The molecule has 2 unspecified atom stereocenters. The van der Waals surface area contributed by atoms with E-state index in [4.69, 9.17) is 8.92 Å². The van der Waals surface area contributed by atoms with Crippen LogP contribution in [0.1, 0.15) is 30.4 Å². The number of hydrogen-bond acceptors (Lipinski definition) is 7. The second-order valence-corrected chi connectivity index (χ2v) is 9.06. The number of carbonyl (C=O) groups excluding carboxylic acids is 1. The Morgan fingerprint density at radius 3 is 2.89 bits per heavy atom. The van der Waals surface area contributed by atoms with Crippen LogP contribution in [0.25, 0.3) is 0 Å². The summed E-state index contributed by atoms with van der Waals surface area (Å²) < 4.78 is 45.0. The average molecular weight is 407 g/mol. The maximum Gasteiger partial charge on any atom is 0.397 e. The number of ketones is 1. The van der Waals surface area contributed by atoms with E-state index in [9.17, 15) is 22.9 Å². The highest BCUT2D eigenvalue weighted by Crippen LogP contribution is 2.66. The largest absolute Gasteiger partial charge is 0.504 e. The number of ether oxygens (including phenoxy) is 1. The molecule has 0 amide bonds. The van der Waals surface area contributed by atoms with Gasteiger partial charge < -0.3 is 9.84 Å². The molecule has 2 bridgehead atoms. The fraction of sp³-hybridized carbons (Fsp3) is 0.526. The minimum atomic E-state index is -4.80. The summed E-state index contributed by atoms with van der Waals surface area (Å²) in [5, 5.41) is 10.4. The first-order chi connectivity index (χ1) is 13.2. The Balaban J connectivity index is 1.83. The number of piperidine rings is 1. The van der Waals surface area contributed by atoms with Crippen molar-refractivity contribution < 1.29 is 31.8 Å². The maximum atomic E-state index is 12.8. The number of aromatic hydroxyl groups is 1. The number of carbonyl (C=O) groups is 1. The Kier molecular flexibility index (Phi) is 3.60. The molecule has 2 aliphatic carbocycles. The van der Waals surface area contributed by atoms with Crippen molar-refractivity contribution in [3.05, 3.63) is 35.9 Å². The molecule has 1 spiro atoms. The van der Waals surface area contributed by atoms with Crippen LogP contribution in [0.4, 0.5) is 0 Å². The SMILES string of the molecule is C=CCN1CC[C@]23c4c5ccc(O)c4O[C@H]2C(=O)CCC3(OS(=O)(=O)O)C1C5. The molecular formula is C19H21NO7S. The normalized spacial score (nSPS) is 36.0. The molecule has 5 rings (SSSR count). The third-order valence-corrected chi connectivity index (χ3v) is 7.45. The highest BCUT2D eigenvalue weighted by molar-refractivity contribution is 7.80. The van der Waals surface area contributed by atoms with Crippen LogP contribution in [-0.2, 0) is 31.2 Å². The lowest BCUT2D eigenvalue weighted by Gasteiger charge is -2.63. The zero-order valence-electron chi connectivity index (χ0n) is 15.1. The minimum Gasteiger partial charge on any atom is -0.504 e. The van der Waals surface area contributed by atoms with Crippen LogP contribution in [0.15, 0.2) is 24.8 Å². The van der Waals surface area contributed by atoms with E-state index in [1.165, 1.54) is 6.07 Å². The monoisotopic (exact) mass is 407 g/mol. The smallest absolute Gasteiger partial charge is 0.397 e. The summed E-state index contributed by atoms with van der Waals surface area (Å²) in [6.45, 7) is 4.91. The second-order valence-electron chi connectivity index (χ2n) is 8.04. The van der Waals surface area contributed by atoms with Gasteiger partial charge in [-0.05, 0) is 30.9 Å². The molecule has 1 saturated heterocycles. The van der Waals surface area contributed by atoms with Crippen LogP contribution in [0.3, 0.4) is 0 Å². The molecule has 1 aromatic rings. The number of rotatable bonds is 4. The van der Waals surface area contributed by atoms with Gasteiger partial charge in [0.25, 0.3) is 0 Å². The van der Waals surface area contributed by atoms with Gasteiger partial charge in [-0.3, -0.25) is 14.2 Å². The van der Waals surface area contributed by atoms with Crippen LogP contribution in [0.2, 0.25) is 0 Å². The molecule has 4 atom stereocenters. The van der Waals surface area contributed by atoms with E-state index >= 15 is 0 Å². The van der Waals surface area contributed by atoms with E-state index in [0.717, 1.165) is 5.56 Å². The number of nitrogens with zero attached hydrogens (tertiary/aromatic N) is 1. The summed E-state index contributed by atoms with van der Waals surface area (Å²) >= 11 is 0.